The summed E-state index contributed by atoms with van der Waals surface area (Å²) < 4.78 is 0. The number of rotatable bonds is 8. The van der Waals surface area contributed by atoms with E-state index in [-0.39, 0.29) is 5.78 Å². The van der Waals surface area contributed by atoms with Gasteiger partial charge in [-0.15, -0.1) is 0 Å². The molecule has 0 spiro atoms. The number of nitrogens with zero attached hydrogens (tertiary/aromatic N) is 1. The molecule has 0 radical (unpaired) electrons. The Morgan fingerprint density at radius 1 is 1.15 bits per heavy atom. The normalized spacial score (nSPS) is 11.5. The Balaban J connectivity index is 2.83. The van der Waals surface area contributed by atoms with E-state index in [1.807, 2.05) is 19.9 Å². The lowest BCUT2D eigenvalue weighted by Crippen LogP contribution is -2.07. The fourth-order valence-electron chi connectivity index (χ4n) is 1.72. The van der Waals surface area contributed by atoms with Gasteiger partial charge in [0, 0.05) is 24.8 Å². The van der Waals surface area contributed by atoms with Crippen LogP contribution < -0.4 is 0 Å². The molecule has 20 heavy (non-hydrogen) atoms. The fraction of sp³-hybridized carbons (Fsp3) is 0.467. The second-order valence-corrected chi connectivity index (χ2v) is 5.19. The Kier molecular flexibility index (Phi) is 7.63. The Morgan fingerprint density at radius 3 is 2.50 bits per heavy atom. The molecular formula is C15H19Cl2NO2. The molecule has 0 heterocycles. The van der Waals surface area contributed by atoms with E-state index in [1.165, 1.54) is 0 Å². The summed E-state index contributed by atoms with van der Waals surface area (Å²) in [5.74, 6) is 0.233. The molecular weight excluding hydrogens is 297 g/mol. The molecule has 1 rings (SSSR count). The second-order valence-electron chi connectivity index (χ2n) is 4.37. The Hall–Kier alpha value is -1.06. The van der Waals surface area contributed by atoms with Gasteiger partial charge in [-0.25, -0.2) is 0 Å². The first kappa shape index (κ1) is 17.0. The number of Topliss-reactive ketones (excluding diaryl/α,β-unsaturated/α-hetero) is 1. The van der Waals surface area contributed by atoms with Crippen LogP contribution in [0.1, 0.15) is 45.1 Å². The summed E-state index contributed by atoms with van der Waals surface area (Å²) in [4.78, 5) is 16.7. The van der Waals surface area contributed by atoms with Crippen LogP contribution >= 0.6 is 23.2 Å². The molecule has 0 unspecified atom stereocenters. The second kappa shape index (κ2) is 8.98. The number of hydrogen-bond donors (Lipinski definition) is 0. The van der Waals surface area contributed by atoms with Crippen molar-refractivity contribution < 1.29 is 9.63 Å². The quantitative estimate of drug-likeness (QED) is 0.506. The zero-order valence-corrected chi connectivity index (χ0v) is 13.3. The number of carbonyl (C=O) groups is 1. The van der Waals surface area contributed by atoms with Crippen molar-refractivity contribution in [3.63, 3.8) is 0 Å². The number of hydrogen-bond acceptors (Lipinski definition) is 3. The van der Waals surface area contributed by atoms with Gasteiger partial charge < -0.3 is 4.84 Å². The van der Waals surface area contributed by atoms with Gasteiger partial charge in [0.1, 0.15) is 12.4 Å². The lowest BCUT2D eigenvalue weighted by atomic mass is 10.0. The number of carbonyl (C=O) groups excluding carboxylic acids is 1. The summed E-state index contributed by atoms with van der Waals surface area (Å²) >= 11 is 11.9. The largest absolute Gasteiger partial charge is 0.396 e. The maximum atomic E-state index is 11.6. The maximum absolute atomic E-state index is 11.6. The van der Waals surface area contributed by atoms with Gasteiger partial charge in [0.15, 0.2) is 0 Å². The Bertz CT molecular complexity index is 487. The molecule has 0 fully saturated rings. The zero-order valence-electron chi connectivity index (χ0n) is 11.8. The highest BCUT2D eigenvalue weighted by atomic mass is 35.5. The number of oxime groups is 1. The molecule has 5 heteroatoms. The molecule has 0 atom stereocenters. The van der Waals surface area contributed by atoms with Crippen LogP contribution in [-0.2, 0) is 9.63 Å². The van der Waals surface area contributed by atoms with Crippen LogP contribution in [-0.4, -0.2) is 18.1 Å². The molecule has 0 aliphatic carbocycles. The van der Waals surface area contributed by atoms with Crippen molar-refractivity contribution in [2.75, 3.05) is 6.61 Å². The fourth-order valence-corrected chi connectivity index (χ4v) is 2.02. The summed E-state index contributed by atoms with van der Waals surface area (Å²) in [5, 5.41) is 5.04. The Morgan fingerprint density at radius 2 is 1.90 bits per heavy atom. The van der Waals surface area contributed by atoms with Gasteiger partial charge in [0.25, 0.3) is 0 Å². The van der Waals surface area contributed by atoms with Gasteiger partial charge in [0.05, 0.1) is 15.8 Å². The van der Waals surface area contributed by atoms with Gasteiger partial charge in [-0.3, -0.25) is 4.79 Å². The monoisotopic (exact) mass is 315 g/mol. The highest BCUT2D eigenvalue weighted by Crippen LogP contribution is 2.23. The van der Waals surface area contributed by atoms with Crippen LogP contribution in [0, 0.1) is 0 Å². The molecule has 0 N–H and O–H groups in total. The van der Waals surface area contributed by atoms with Crippen molar-refractivity contribution in [1.29, 1.82) is 0 Å². The third-order valence-electron chi connectivity index (χ3n) is 2.73. The molecule has 110 valence electrons. The van der Waals surface area contributed by atoms with E-state index in [0.29, 0.717) is 35.9 Å². The average Bonchev–Trinajstić information content (AvgIpc) is 2.42. The molecule has 0 aromatic heterocycles. The lowest BCUT2D eigenvalue weighted by Gasteiger charge is -2.07. The van der Waals surface area contributed by atoms with Crippen LogP contribution in [0.4, 0.5) is 0 Å². The summed E-state index contributed by atoms with van der Waals surface area (Å²) in [5.41, 5.74) is 1.55. The summed E-state index contributed by atoms with van der Waals surface area (Å²) in [6.45, 7) is 4.33. The van der Waals surface area contributed by atoms with Crippen LogP contribution in [0.5, 0.6) is 0 Å². The van der Waals surface area contributed by atoms with E-state index in [1.54, 1.807) is 12.1 Å². The van der Waals surface area contributed by atoms with Gasteiger partial charge in [-0.2, -0.15) is 0 Å². The molecule has 0 saturated carbocycles. The molecule has 3 nitrogen and oxygen atoms in total. The van der Waals surface area contributed by atoms with Crippen molar-refractivity contribution >= 4 is 34.7 Å². The van der Waals surface area contributed by atoms with E-state index in [4.69, 9.17) is 28.0 Å². The minimum absolute atomic E-state index is 0.233. The average molecular weight is 316 g/mol. The zero-order chi connectivity index (χ0) is 15.0. The van der Waals surface area contributed by atoms with Crippen molar-refractivity contribution in [2.45, 2.75) is 39.5 Å². The first-order valence-corrected chi connectivity index (χ1v) is 7.50. The summed E-state index contributed by atoms with van der Waals surface area (Å²) in [6.07, 6.45) is 2.46. The van der Waals surface area contributed by atoms with E-state index in [2.05, 4.69) is 5.16 Å². The van der Waals surface area contributed by atoms with Crippen molar-refractivity contribution in [2.24, 2.45) is 5.16 Å². The highest BCUT2D eigenvalue weighted by molar-refractivity contribution is 6.42. The first-order chi connectivity index (χ1) is 9.58. The van der Waals surface area contributed by atoms with Gasteiger partial charge in [-0.05, 0) is 25.5 Å². The van der Waals surface area contributed by atoms with Crippen LogP contribution in [0.3, 0.4) is 0 Å². The summed E-state index contributed by atoms with van der Waals surface area (Å²) in [6, 6.07) is 5.29. The third kappa shape index (κ3) is 5.51. The van der Waals surface area contributed by atoms with Crippen LogP contribution in [0.2, 0.25) is 10.0 Å². The van der Waals surface area contributed by atoms with Crippen molar-refractivity contribution in [3.05, 3.63) is 33.8 Å². The minimum atomic E-state index is 0.233. The SMILES string of the molecule is CCCC(=O)CCC(=NOCC)c1ccc(Cl)c(Cl)c1. The molecule has 0 bridgehead atoms. The van der Waals surface area contributed by atoms with E-state index in [0.717, 1.165) is 17.7 Å². The maximum Gasteiger partial charge on any atom is 0.133 e. The molecule has 0 aliphatic rings. The van der Waals surface area contributed by atoms with E-state index >= 15 is 0 Å². The molecule has 0 amide bonds. The van der Waals surface area contributed by atoms with Crippen molar-refractivity contribution in [1.82, 2.24) is 0 Å². The van der Waals surface area contributed by atoms with Crippen molar-refractivity contribution in [3.8, 4) is 0 Å². The molecule has 1 aromatic carbocycles. The highest BCUT2D eigenvalue weighted by Gasteiger charge is 2.10. The van der Waals surface area contributed by atoms with Gasteiger partial charge in [0.2, 0.25) is 0 Å². The first-order valence-electron chi connectivity index (χ1n) is 6.74. The van der Waals surface area contributed by atoms with E-state index < -0.39 is 0 Å². The van der Waals surface area contributed by atoms with Gasteiger partial charge in [-0.1, -0.05) is 41.3 Å². The topological polar surface area (TPSA) is 38.7 Å². The summed E-state index contributed by atoms with van der Waals surface area (Å²) in [7, 11) is 0. The molecule has 0 saturated heterocycles. The van der Waals surface area contributed by atoms with Crippen LogP contribution in [0.25, 0.3) is 0 Å². The predicted molar refractivity (Wildman–Crippen MR) is 83.8 cm³/mol. The van der Waals surface area contributed by atoms with Gasteiger partial charge >= 0.3 is 0 Å². The minimum Gasteiger partial charge on any atom is -0.396 e. The lowest BCUT2D eigenvalue weighted by molar-refractivity contribution is -0.118. The number of halogens is 2. The predicted octanol–water partition coefficient (Wildman–Crippen LogP) is 4.88. The Labute approximate surface area is 129 Å². The number of ketones is 1. The molecule has 0 aliphatic heterocycles. The van der Waals surface area contributed by atoms with Crippen LogP contribution in [0.15, 0.2) is 23.4 Å². The van der Waals surface area contributed by atoms with E-state index in [9.17, 15) is 4.79 Å². The smallest absolute Gasteiger partial charge is 0.133 e. The number of benzene rings is 1. The standard InChI is InChI=1S/C15H19Cl2NO2/c1-3-5-12(19)7-9-15(18-20-4-2)11-6-8-13(16)14(17)10-11/h6,8,10H,3-5,7,9H2,1-2H3. The molecule has 1 aromatic rings. The third-order valence-corrected chi connectivity index (χ3v) is 3.47.